The normalized spacial score (nSPS) is 11.8. The van der Waals surface area contributed by atoms with E-state index in [9.17, 15) is 0 Å². The lowest BCUT2D eigenvalue weighted by molar-refractivity contribution is 0.670. The van der Waals surface area contributed by atoms with Gasteiger partial charge >= 0.3 is 0 Å². The molecule has 6 aromatic carbocycles. The van der Waals surface area contributed by atoms with Crippen LogP contribution in [0, 0.1) is 0 Å². The van der Waals surface area contributed by atoms with Crippen LogP contribution in [0.3, 0.4) is 0 Å². The van der Waals surface area contributed by atoms with Crippen LogP contribution >= 0.6 is 11.3 Å². The van der Waals surface area contributed by atoms with Gasteiger partial charge in [0.15, 0.2) is 17.5 Å². The Balaban J connectivity index is 1.31. The molecule has 0 spiro atoms. The van der Waals surface area contributed by atoms with Crippen LogP contribution < -0.4 is 0 Å². The van der Waals surface area contributed by atoms with E-state index in [-0.39, 0.29) is 0 Å². The molecule has 0 aliphatic heterocycles. The van der Waals surface area contributed by atoms with E-state index in [1.807, 2.05) is 90.5 Å². The molecule has 10 rings (SSSR count). The lowest BCUT2D eigenvalue weighted by Crippen LogP contribution is -2.00. The lowest BCUT2D eigenvalue weighted by atomic mass is 9.94. The van der Waals surface area contributed by atoms with Crippen molar-refractivity contribution < 1.29 is 4.42 Å². The highest BCUT2D eigenvalue weighted by atomic mass is 32.1. The molecule has 0 fully saturated rings. The van der Waals surface area contributed by atoms with E-state index in [1.165, 1.54) is 20.2 Å². The summed E-state index contributed by atoms with van der Waals surface area (Å²) in [5.41, 5.74) is 6.51. The Kier molecular flexibility index (Phi) is 5.98. The molecular formula is C42H24N4OS. The van der Waals surface area contributed by atoms with Crippen LogP contribution in [-0.2, 0) is 0 Å². The Morgan fingerprint density at radius 3 is 1.96 bits per heavy atom. The first-order chi connectivity index (χ1) is 23.8. The molecule has 4 aromatic heterocycles. The molecule has 0 unspecified atom stereocenters. The summed E-state index contributed by atoms with van der Waals surface area (Å²) >= 11 is 1.82. The summed E-state index contributed by atoms with van der Waals surface area (Å²) in [5.74, 6) is 1.84. The van der Waals surface area contributed by atoms with Gasteiger partial charge in [0.05, 0.1) is 0 Å². The van der Waals surface area contributed by atoms with E-state index < -0.39 is 0 Å². The van der Waals surface area contributed by atoms with Gasteiger partial charge in [0.25, 0.3) is 0 Å². The van der Waals surface area contributed by atoms with E-state index in [2.05, 4.69) is 71.7 Å². The van der Waals surface area contributed by atoms with Crippen molar-refractivity contribution in [1.82, 2.24) is 19.9 Å². The first-order valence-electron chi connectivity index (χ1n) is 15.8. The van der Waals surface area contributed by atoms with E-state index in [0.717, 1.165) is 60.5 Å². The quantitative estimate of drug-likeness (QED) is 0.193. The molecule has 0 amide bonds. The third kappa shape index (κ3) is 4.24. The Morgan fingerprint density at radius 2 is 1.17 bits per heavy atom. The second-order valence-corrected chi connectivity index (χ2v) is 12.9. The van der Waals surface area contributed by atoms with Crippen LogP contribution in [0.4, 0.5) is 0 Å². The van der Waals surface area contributed by atoms with Crippen molar-refractivity contribution in [2.24, 2.45) is 0 Å². The van der Waals surface area contributed by atoms with Crippen molar-refractivity contribution in [1.29, 1.82) is 0 Å². The molecule has 48 heavy (non-hydrogen) atoms. The second kappa shape index (κ2) is 10.7. The topological polar surface area (TPSA) is 64.7 Å². The van der Waals surface area contributed by atoms with Crippen LogP contribution in [0.5, 0.6) is 0 Å². The molecule has 10 aromatic rings. The summed E-state index contributed by atoms with van der Waals surface area (Å²) < 4.78 is 9.39. The summed E-state index contributed by atoms with van der Waals surface area (Å²) in [6.45, 7) is 0. The first kappa shape index (κ1) is 26.9. The molecule has 0 radical (unpaired) electrons. The van der Waals surface area contributed by atoms with Crippen LogP contribution in [0.15, 0.2) is 150 Å². The average molecular weight is 633 g/mol. The molecule has 0 saturated carbocycles. The third-order valence-electron chi connectivity index (χ3n) is 9.01. The molecule has 5 nitrogen and oxygen atoms in total. The number of hydrogen-bond acceptors (Lipinski definition) is 6. The van der Waals surface area contributed by atoms with E-state index in [0.29, 0.717) is 17.5 Å². The number of rotatable bonds is 4. The zero-order valence-electron chi connectivity index (χ0n) is 25.5. The van der Waals surface area contributed by atoms with Crippen molar-refractivity contribution >= 4 is 64.2 Å². The minimum absolute atomic E-state index is 0.593. The van der Waals surface area contributed by atoms with Gasteiger partial charge in [0.2, 0.25) is 0 Å². The van der Waals surface area contributed by atoms with Crippen LogP contribution in [0.1, 0.15) is 0 Å². The van der Waals surface area contributed by atoms with E-state index in [1.54, 1.807) is 0 Å². The lowest BCUT2D eigenvalue weighted by Gasteiger charge is -2.11. The monoisotopic (exact) mass is 632 g/mol. The van der Waals surface area contributed by atoms with Gasteiger partial charge in [-0.05, 0) is 53.4 Å². The van der Waals surface area contributed by atoms with Crippen molar-refractivity contribution in [2.45, 2.75) is 0 Å². The minimum Gasteiger partial charge on any atom is -0.455 e. The number of thiophene rings is 1. The predicted octanol–water partition coefficient (Wildman–Crippen LogP) is 11.4. The van der Waals surface area contributed by atoms with Gasteiger partial charge < -0.3 is 4.42 Å². The van der Waals surface area contributed by atoms with Gasteiger partial charge in [-0.3, -0.25) is 4.98 Å². The predicted molar refractivity (Wildman–Crippen MR) is 197 cm³/mol. The Morgan fingerprint density at radius 1 is 0.479 bits per heavy atom. The molecule has 0 aliphatic rings. The molecule has 0 saturated heterocycles. The number of furan rings is 1. The fourth-order valence-corrected chi connectivity index (χ4v) is 7.92. The zero-order chi connectivity index (χ0) is 31.6. The number of pyridine rings is 1. The molecule has 0 atom stereocenters. The van der Waals surface area contributed by atoms with Crippen LogP contribution in [-0.4, -0.2) is 19.9 Å². The first-order valence-corrected chi connectivity index (χ1v) is 16.6. The third-order valence-corrected chi connectivity index (χ3v) is 10.1. The highest BCUT2D eigenvalue weighted by molar-refractivity contribution is 7.25. The van der Waals surface area contributed by atoms with Crippen LogP contribution in [0.2, 0.25) is 0 Å². The number of fused-ring (bicyclic) bond motifs is 7. The van der Waals surface area contributed by atoms with Gasteiger partial charge in [0.1, 0.15) is 11.2 Å². The van der Waals surface area contributed by atoms with Gasteiger partial charge in [-0.1, -0.05) is 91.0 Å². The number of aromatic nitrogens is 4. The van der Waals surface area contributed by atoms with Gasteiger partial charge in [-0.2, -0.15) is 0 Å². The molecule has 0 aliphatic carbocycles. The van der Waals surface area contributed by atoms with E-state index >= 15 is 0 Å². The van der Waals surface area contributed by atoms with E-state index in [4.69, 9.17) is 19.4 Å². The maximum Gasteiger partial charge on any atom is 0.164 e. The Bertz CT molecular complexity index is 2780. The summed E-state index contributed by atoms with van der Waals surface area (Å²) in [4.78, 5) is 19.5. The Hall–Kier alpha value is -6.24. The standard InChI is InChI=1S/C42H24N4OS/c1-3-10-25(11-4-1)40-44-41(26-12-5-2-6-13-26)46-42(45-40)32-19-18-30(29-15-9-17-36-37(29)31-14-7-8-16-35(31)48-36)39-38(32)33-22-27-20-21-43-24-28(27)23-34(33)47-39/h1-24H. The minimum atomic E-state index is 0.593. The van der Waals surface area contributed by atoms with Gasteiger partial charge in [0, 0.05) is 71.0 Å². The maximum atomic E-state index is 6.88. The average Bonchev–Trinajstić information content (AvgIpc) is 3.72. The highest BCUT2D eigenvalue weighted by Crippen LogP contribution is 2.46. The Labute approximate surface area is 278 Å². The molecule has 6 heteroatoms. The zero-order valence-corrected chi connectivity index (χ0v) is 26.3. The molecule has 0 bridgehead atoms. The fourth-order valence-electron chi connectivity index (χ4n) is 6.79. The highest BCUT2D eigenvalue weighted by Gasteiger charge is 2.22. The van der Waals surface area contributed by atoms with Crippen molar-refractivity contribution in [3.05, 3.63) is 146 Å². The summed E-state index contributed by atoms with van der Waals surface area (Å²) in [7, 11) is 0. The maximum absolute atomic E-state index is 6.88. The summed E-state index contributed by atoms with van der Waals surface area (Å²) in [5, 5.41) is 6.58. The van der Waals surface area contributed by atoms with Gasteiger partial charge in [-0.25, -0.2) is 15.0 Å². The molecular weight excluding hydrogens is 609 g/mol. The second-order valence-electron chi connectivity index (χ2n) is 11.9. The largest absolute Gasteiger partial charge is 0.455 e. The number of nitrogens with zero attached hydrogens (tertiary/aromatic N) is 4. The molecule has 0 N–H and O–H groups in total. The van der Waals surface area contributed by atoms with Crippen molar-refractivity contribution in [2.75, 3.05) is 0 Å². The van der Waals surface area contributed by atoms with Gasteiger partial charge in [-0.15, -0.1) is 11.3 Å². The smallest absolute Gasteiger partial charge is 0.164 e. The summed E-state index contributed by atoms with van der Waals surface area (Å²) in [6, 6.07) is 46.0. The van der Waals surface area contributed by atoms with Crippen molar-refractivity contribution in [3.8, 4) is 45.3 Å². The van der Waals surface area contributed by atoms with Crippen LogP contribution in [0.25, 0.3) is 98.2 Å². The summed E-state index contributed by atoms with van der Waals surface area (Å²) in [6.07, 6.45) is 3.71. The fraction of sp³-hybridized carbons (Fsp3) is 0. The number of benzene rings is 6. The van der Waals surface area contributed by atoms with Crippen molar-refractivity contribution in [3.63, 3.8) is 0 Å². The SMILES string of the molecule is c1ccc(-c2nc(-c3ccccc3)nc(-c3ccc(-c4cccc5sc6ccccc6c45)c4oc5cc6cnccc6cc5c34)n2)cc1. The number of hydrogen-bond donors (Lipinski definition) is 0. The molecule has 224 valence electrons. The molecule has 4 heterocycles.